The van der Waals surface area contributed by atoms with Gasteiger partial charge in [-0.2, -0.15) is 0 Å². The summed E-state index contributed by atoms with van der Waals surface area (Å²) >= 11 is 0. The summed E-state index contributed by atoms with van der Waals surface area (Å²) in [6, 6.07) is 3.34. The van der Waals surface area contributed by atoms with Gasteiger partial charge in [-0.3, -0.25) is 0 Å². The van der Waals surface area contributed by atoms with E-state index in [0.717, 1.165) is 37.2 Å². The van der Waals surface area contributed by atoms with E-state index in [-0.39, 0.29) is 0 Å². The molecule has 0 unspecified atom stereocenters. The molecule has 1 aromatic rings. The van der Waals surface area contributed by atoms with E-state index in [1.54, 1.807) is 19.2 Å². The van der Waals surface area contributed by atoms with E-state index >= 15 is 0 Å². The number of benzene rings is 1. The fourth-order valence-electron chi connectivity index (χ4n) is 3.23. The lowest BCUT2D eigenvalue weighted by Crippen LogP contribution is -2.31. The Bertz CT molecular complexity index is 636. The Morgan fingerprint density at radius 3 is 2.38 bits per heavy atom. The molecule has 1 aliphatic rings. The first-order valence-electron chi connectivity index (χ1n) is 8.82. The molecule has 1 saturated heterocycles. The summed E-state index contributed by atoms with van der Waals surface area (Å²) in [4.78, 5) is 2.79. The lowest BCUT2D eigenvalue weighted by Gasteiger charge is -2.19. The second-order valence-corrected chi connectivity index (χ2v) is 8.26. The standard InChI is InChI=1S/C18H30N2O3S/c1-15-16(2)18(10-9-17(15)23-3)24(21,22)19-11-8-14-20-12-6-4-5-7-13-20/h9-10,19H,4-8,11-14H2,1-3H3. The quantitative estimate of drug-likeness (QED) is 0.765. The number of sulfonamides is 1. The van der Waals surface area contributed by atoms with Gasteiger partial charge in [0.05, 0.1) is 12.0 Å². The van der Waals surface area contributed by atoms with Crippen LogP contribution in [0.3, 0.4) is 0 Å². The minimum atomic E-state index is -3.47. The molecule has 2 rings (SSSR count). The molecular weight excluding hydrogens is 324 g/mol. The summed E-state index contributed by atoms with van der Waals surface area (Å²) in [6.45, 7) is 7.43. The predicted octanol–water partition coefficient (Wildman–Crippen LogP) is 2.86. The molecule has 1 fully saturated rings. The number of hydrogen-bond acceptors (Lipinski definition) is 4. The predicted molar refractivity (Wildman–Crippen MR) is 97.2 cm³/mol. The van der Waals surface area contributed by atoms with Gasteiger partial charge in [0.25, 0.3) is 0 Å². The summed E-state index contributed by atoms with van der Waals surface area (Å²) < 4.78 is 33.1. The maximum atomic E-state index is 12.5. The number of rotatable bonds is 7. The van der Waals surface area contributed by atoms with E-state index < -0.39 is 10.0 Å². The molecule has 24 heavy (non-hydrogen) atoms. The maximum absolute atomic E-state index is 12.5. The van der Waals surface area contributed by atoms with Crippen LogP contribution in [0.2, 0.25) is 0 Å². The van der Waals surface area contributed by atoms with Crippen LogP contribution in [0, 0.1) is 13.8 Å². The normalized spacial score (nSPS) is 16.8. The average molecular weight is 355 g/mol. The molecule has 6 heteroatoms. The second-order valence-electron chi connectivity index (χ2n) is 6.52. The Morgan fingerprint density at radius 2 is 1.75 bits per heavy atom. The molecule has 136 valence electrons. The Kier molecular flexibility index (Phi) is 7.07. The molecule has 0 aromatic heterocycles. The van der Waals surface area contributed by atoms with Crippen LogP contribution in [-0.2, 0) is 10.0 Å². The Hall–Kier alpha value is -1.11. The average Bonchev–Trinajstić information content (AvgIpc) is 2.82. The van der Waals surface area contributed by atoms with Crippen molar-refractivity contribution in [1.82, 2.24) is 9.62 Å². The highest BCUT2D eigenvalue weighted by atomic mass is 32.2. The Labute approximate surface area is 146 Å². The third-order valence-electron chi connectivity index (χ3n) is 4.84. The van der Waals surface area contributed by atoms with E-state index in [1.807, 2.05) is 13.8 Å². The van der Waals surface area contributed by atoms with Gasteiger partial charge in [0.2, 0.25) is 10.0 Å². The number of nitrogens with zero attached hydrogens (tertiary/aromatic N) is 1. The van der Waals surface area contributed by atoms with Crippen LogP contribution in [0.5, 0.6) is 5.75 Å². The lowest BCUT2D eigenvalue weighted by molar-refractivity contribution is 0.282. The van der Waals surface area contributed by atoms with Gasteiger partial charge in [-0.1, -0.05) is 12.8 Å². The highest BCUT2D eigenvalue weighted by Gasteiger charge is 2.19. The topological polar surface area (TPSA) is 58.6 Å². The van der Waals surface area contributed by atoms with E-state index in [0.29, 0.717) is 17.2 Å². The van der Waals surface area contributed by atoms with Crippen molar-refractivity contribution in [2.75, 3.05) is 33.3 Å². The smallest absolute Gasteiger partial charge is 0.240 e. The molecule has 1 aromatic carbocycles. The van der Waals surface area contributed by atoms with E-state index in [2.05, 4.69) is 9.62 Å². The van der Waals surface area contributed by atoms with Gasteiger partial charge in [-0.05, 0) is 76.0 Å². The molecule has 0 amide bonds. The monoisotopic (exact) mass is 354 g/mol. The van der Waals surface area contributed by atoms with Crippen molar-refractivity contribution >= 4 is 10.0 Å². The number of likely N-dealkylation sites (tertiary alicyclic amines) is 1. The summed E-state index contributed by atoms with van der Waals surface area (Å²) in [5.74, 6) is 0.715. The van der Waals surface area contributed by atoms with Crippen molar-refractivity contribution in [2.24, 2.45) is 0 Å². The zero-order valence-corrected chi connectivity index (χ0v) is 15.9. The third-order valence-corrected chi connectivity index (χ3v) is 6.44. The van der Waals surface area contributed by atoms with Crippen LogP contribution >= 0.6 is 0 Å². The van der Waals surface area contributed by atoms with Gasteiger partial charge in [-0.25, -0.2) is 13.1 Å². The van der Waals surface area contributed by atoms with Crippen molar-refractivity contribution in [3.05, 3.63) is 23.3 Å². The van der Waals surface area contributed by atoms with E-state index in [1.165, 1.54) is 25.7 Å². The van der Waals surface area contributed by atoms with E-state index in [4.69, 9.17) is 4.74 Å². The van der Waals surface area contributed by atoms with Gasteiger partial charge >= 0.3 is 0 Å². The lowest BCUT2D eigenvalue weighted by atomic mass is 10.1. The number of ether oxygens (including phenoxy) is 1. The molecule has 0 atom stereocenters. The van der Waals surface area contributed by atoms with Gasteiger partial charge in [0, 0.05) is 6.54 Å². The molecule has 0 bridgehead atoms. The molecule has 1 N–H and O–H groups in total. The first-order chi connectivity index (χ1) is 11.5. The molecule has 0 radical (unpaired) electrons. The van der Waals surface area contributed by atoms with Crippen LogP contribution in [-0.4, -0.2) is 46.6 Å². The summed E-state index contributed by atoms with van der Waals surface area (Å²) in [6.07, 6.45) is 6.00. The van der Waals surface area contributed by atoms with Gasteiger partial charge in [0.1, 0.15) is 5.75 Å². The highest BCUT2D eigenvalue weighted by Crippen LogP contribution is 2.26. The van der Waals surface area contributed by atoms with Crippen LogP contribution in [0.15, 0.2) is 17.0 Å². The van der Waals surface area contributed by atoms with Gasteiger partial charge in [0.15, 0.2) is 0 Å². The molecule has 1 heterocycles. The molecule has 0 spiro atoms. The van der Waals surface area contributed by atoms with Crippen molar-refractivity contribution in [2.45, 2.75) is 50.8 Å². The van der Waals surface area contributed by atoms with Gasteiger partial charge < -0.3 is 9.64 Å². The van der Waals surface area contributed by atoms with Crippen molar-refractivity contribution < 1.29 is 13.2 Å². The SMILES string of the molecule is COc1ccc(S(=O)(=O)NCCCN2CCCCCC2)c(C)c1C. The molecular formula is C18H30N2O3S. The number of nitrogens with one attached hydrogen (secondary N) is 1. The van der Waals surface area contributed by atoms with Crippen LogP contribution in [0.25, 0.3) is 0 Å². The van der Waals surface area contributed by atoms with Crippen molar-refractivity contribution in [3.8, 4) is 5.75 Å². The highest BCUT2D eigenvalue weighted by molar-refractivity contribution is 7.89. The molecule has 0 saturated carbocycles. The second kappa shape index (κ2) is 8.83. The zero-order chi connectivity index (χ0) is 17.6. The molecule has 0 aliphatic carbocycles. The first kappa shape index (κ1) is 19.2. The minimum absolute atomic E-state index is 0.343. The zero-order valence-electron chi connectivity index (χ0n) is 15.1. The summed E-state index contributed by atoms with van der Waals surface area (Å²) in [7, 11) is -1.88. The largest absolute Gasteiger partial charge is 0.496 e. The van der Waals surface area contributed by atoms with Crippen molar-refractivity contribution in [3.63, 3.8) is 0 Å². The Balaban J connectivity index is 1.90. The van der Waals surface area contributed by atoms with E-state index in [9.17, 15) is 8.42 Å². The van der Waals surface area contributed by atoms with Crippen molar-refractivity contribution in [1.29, 1.82) is 0 Å². The van der Waals surface area contributed by atoms with Gasteiger partial charge in [-0.15, -0.1) is 0 Å². The molecule has 5 nitrogen and oxygen atoms in total. The van der Waals surface area contributed by atoms with Crippen LogP contribution < -0.4 is 9.46 Å². The fraction of sp³-hybridized carbons (Fsp3) is 0.667. The number of methoxy groups -OCH3 is 1. The summed E-state index contributed by atoms with van der Waals surface area (Å²) in [5.41, 5.74) is 1.61. The first-order valence-corrected chi connectivity index (χ1v) is 10.3. The minimum Gasteiger partial charge on any atom is -0.496 e. The Morgan fingerprint density at radius 1 is 1.08 bits per heavy atom. The number of hydrogen-bond donors (Lipinski definition) is 1. The van der Waals surface area contributed by atoms with Crippen LogP contribution in [0.4, 0.5) is 0 Å². The maximum Gasteiger partial charge on any atom is 0.240 e. The van der Waals surface area contributed by atoms with Crippen LogP contribution in [0.1, 0.15) is 43.2 Å². The molecule has 1 aliphatic heterocycles. The fourth-order valence-corrected chi connectivity index (χ4v) is 4.60. The summed E-state index contributed by atoms with van der Waals surface area (Å²) in [5, 5.41) is 0. The third kappa shape index (κ3) is 4.94.